The second-order valence-corrected chi connectivity index (χ2v) is 5.88. The van der Waals surface area contributed by atoms with Crippen LogP contribution in [0.25, 0.3) is 10.9 Å². The van der Waals surface area contributed by atoms with Crippen molar-refractivity contribution in [2.45, 2.75) is 31.2 Å². The lowest BCUT2D eigenvalue weighted by molar-refractivity contribution is -0.121. The Morgan fingerprint density at radius 2 is 2.30 bits per heavy atom. The van der Waals surface area contributed by atoms with Crippen molar-refractivity contribution in [2.24, 2.45) is 0 Å². The number of hydrogen-bond donors (Lipinski definition) is 2. The summed E-state index contributed by atoms with van der Waals surface area (Å²) in [6, 6.07) is 6.14. The third-order valence-electron chi connectivity index (χ3n) is 3.81. The molecule has 106 valence electrons. The van der Waals surface area contributed by atoms with E-state index in [0.717, 1.165) is 24.1 Å². The van der Waals surface area contributed by atoms with Gasteiger partial charge in [0.25, 0.3) is 0 Å². The molecule has 0 fully saturated rings. The Kier molecular flexibility index (Phi) is 3.34. The van der Waals surface area contributed by atoms with Crippen LogP contribution in [-0.2, 0) is 17.6 Å². The van der Waals surface area contributed by atoms with E-state index in [-0.39, 0.29) is 11.9 Å². The number of H-pyrrole nitrogens is 1. The minimum absolute atomic E-state index is 0.108. The minimum atomic E-state index is -0.495. The monoisotopic (exact) mass is 292 g/mol. The van der Waals surface area contributed by atoms with Crippen molar-refractivity contribution >= 4 is 28.4 Å². The highest BCUT2D eigenvalue weighted by Gasteiger charge is 2.27. The molecule has 2 N–H and O–H groups in total. The fourth-order valence-corrected chi connectivity index (χ4v) is 2.86. The second-order valence-electron chi connectivity index (χ2n) is 5.22. The molecule has 0 aliphatic heterocycles. The van der Waals surface area contributed by atoms with E-state index in [1.165, 1.54) is 16.6 Å². The maximum atomic E-state index is 11.7. The normalized spacial score (nSPS) is 18.9. The summed E-state index contributed by atoms with van der Waals surface area (Å²) in [5.41, 5.74) is 3.58. The molecular weight excluding hydrogens is 276 g/mol. The van der Waals surface area contributed by atoms with Gasteiger partial charge in [0, 0.05) is 29.1 Å². The lowest BCUT2D eigenvalue weighted by Crippen LogP contribution is -2.39. The largest absolute Gasteiger partial charge is 0.497 e. The SMILES string of the molecule is COc1ccc2[nH]c3c(c2c1)CC(NC(=O)C(C)Cl)C3. The molecule has 0 spiro atoms. The van der Waals surface area contributed by atoms with Crippen LogP contribution in [0.2, 0.25) is 0 Å². The highest BCUT2D eigenvalue weighted by atomic mass is 35.5. The number of aromatic nitrogens is 1. The van der Waals surface area contributed by atoms with Crippen molar-refractivity contribution in [1.29, 1.82) is 0 Å². The Labute approximate surface area is 122 Å². The number of nitrogens with one attached hydrogen (secondary N) is 2. The Bertz CT molecular complexity index is 663. The van der Waals surface area contributed by atoms with E-state index in [4.69, 9.17) is 16.3 Å². The number of fused-ring (bicyclic) bond motifs is 3. The maximum absolute atomic E-state index is 11.7. The fourth-order valence-electron chi connectivity index (χ4n) is 2.80. The summed E-state index contributed by atoms with van der Waals surface area (Å²) >= 11 is 5.79. The van der Waals surface area contributed by atoms with Crippen molar-refractivity contribution in [3.8, 4) is 5.75 Å². The van der Waals surface area contributed by atoms with Crippen molar-refractivity contribution in [1.82, 2.24) is 10.3 Å². The predicted molar refractivity (Wildman–Crippen MR) is 79.5 cm³/mol. The summed E-state index contributed by atoms with van der Waals surface area (Å²) in [5, 5.41) is 3.66. The van der Waals surface area contributed by atoms with Crippen LogP contribution in [0.3, 0.4) is 0 Å². The quantitative estimate of drug-likeness (QED) is 0.854. The van der Waals surface area contributed by atoms with Crippen LogP contribution in [0.15, 0.2) is 18.2 Å². The number of ether oxygens (including phenoxy) is 1. The summed E-state index contributed by atoms with van der Waals surface area (Å²) in [4.78, 5) is 15.1. The van der Waals surface area contributed by atoms with Crippen LogP contribution >= 0.6 is 11.6 Å². The van der Waals surface area contributed by atoms with Gasteiger partial charge in [0.05, 0.1) is 7.11 Å². The Morgan fingerprint density at radius 1 is 1.50 bits per heavy atom. The molecule has 20 heavy (non-hydrogen) atoms. The average Bonchev–Trinajstić information content (AvgIpc) is 2.95. The summed E-state index contributed by atoms with van der Waals surface area (Å²) in [5.74, 6) is 0.741. The number of benzene rings is 1. The van der Waals surface area contributed by atoms with Crippen LogP contribution in [-0.4, -0.2) is 29.4 Å². The van der Waals surface area contributed by atoms with Gasteiger partial charge in [-0.25, -0.2) is 0 Å². The number of hydrogen-bond acceptors (Lipinski definition) is 2. The highest BCUT2D eigenvalue weighted by molar-refractivity contribution is 6.30. The van der Waals surface area contributed by atoms with Gasteiger partial charge < -0.3 is 15.0 Å². The molecule has 0 bridgehead atoms. The van der Waals surface area contributed by atoms with Gasteiger partial charge in [0.1, 0.15) is 11.1 Å². The van der Waals surface area contributed by atoms with E-state index < -0.39 is 5.38 Å². The zero-order valence-electron chi connectivity index (χ0n) is 11.5. The van der Waals surface area contributed by atoms with E-state index in [1.54, 1.807) is 14.0 Å². The van der Waals surface area contributed by atoms with Gasteiger partial charge in [-0.15, -0.1) is 11.6 Å². The molecule has 1 aromatic carbocycles. The Hall–Kier alpha value is -1.68. The van der Waals surface area contributed by atoms with Crippen LogP contribution in [0, 0.1) is 0 Å². The van der Waals surface area contributed by atoms with E-state index in [1.807, 2.05) is 18.2 Å². The molecule has 1 aliphatic carbocycles. The summed E-state index contributed by atoms with van der Waals surface area (Å²) in [7, 11) is 1.67. The van der Waals surface area contributed by atoms with Gasteiger partial charge >= 0.3 is 0 Å². The zero-order chi connectivity index (χ0) is 14.3. The number of methoxy groups -OCH3 is 1. The van der Waals surface area contributed by atoms with Crippen molar-refractivity contribution in [3.05, 3.63) is 29.5 Å². The van der Waals surface area contributed by atoms with Gasteiger partial charge in [-0.2, -0.15) is 0 Å². The molecule has 2 aromatic rings. The predicted octanol–water partition coefficient (Wildman–Crippen LogP) is 2.39. The number of carbonyl (C=O) groups excluding carboxylic acids is 1. The first-order valence-corrected chi connectivity index (χ1v) is 7.14. The molecule has 1 aromatic heterocycles. The number of alkyl halides is 1. The van der Waals surface area contributed by atoms with Gasteiger partial charge in [-0.3, -0.25) is 4.79 Å². The maximum Gasteiger partial charge on any atom is 0.238 e. The zero-order valence-corrected chi connectivity index (χ0v) is 12.3. The molecule has 3 rings (SSSR count). The van der Waals surface area contributed by atoms with Crippen LogP contribution < -0.4 is 10.1 Å². The first kappa shape index (κ1) is 13.3. The molecule has 0 saturated carbocycles. The van der Waals surface area contributed by atoms with E-state index in [9.17, 15) is 4.79 Å². The summed E-state index contributed by atoms with van der Waals surface area (Å²) in [6.07, 6.45) is 1.65. The molecule has 2 unspecified atom stereocenters. The van der Waals surface area contributed by atoms with Gasteiger partial charge in [0.15, 0.2) is 0 Å². The first-order valence-electron chi connectivity index (χ1n) is 6.70. The Morgan fingerprint density at radius 3 is 3.00 bits per heavy atom. The van der Waals surface area contributed by atoms with Crippen molar-refractivity contribution in [3.63, 3.8) is 0 Å². The van der Waals surface area contributed by atoms with E-state index in [2.05, 4.69) is 10.3 Å². The molecular formula is C15H17ClN2O2. The Balaban J connectivity index is 1.85. The number of carbonyl (C=O) groups is 1. The lowest BCUT2D eigenvalue weighted by Gasteiger charge is -2.13. The summed E-state index contributed by atoms with van der Waals surface area (Å²) in [6.45, 7) is 1.69. The molecule has 4 nitrogen and oxygen atoms in total. The number of aromatic amines is 1. The molecule has 1 heterocycles. The first-order chi connectivity index (χ1) is 9.58. The molecule has 0 saturated heterocycles. The van der Waals surface area contributed by atoms with E-state index in [0.29, 0.717) is 0 Å². The number of amides is 1. The lowest BCUT2D eigenvalue weighted by atomic mass is 10.1. The fraction of sp³-hybridized carbons (Fsp3) is 0.400. The van der Waals surface area contributed by atoms with Gasteiger partial charge in [-0.1, -0.05) is 0 Å². The smallest absolute Gasteiger partial charge is 0.238 e. The topological polar surface area (TPSA) is 54.1 Å². The average molecular weight is 293 g/mol. The van der Waals surface area contributed by atoms with Gasteiger partial charge in [-0.05, 0) is 37.1 Å². The molecule has 2 atom stereocenters. The standard InChI is InChI=1S/C15H17ClN2O2/c1-8(16)15(19)17-9-5-11-12-7-10(20-2)3-4-13(12)18-14(11)6-9/h3-4,7-9,18H,5-6H2,1-2H3,(H,17,19). The summed E-state index contributed by atoms with van der Waals surface area (Å²) < 4.78 is 5.27. The molecule has 0 radical (unpaired) electrons. The number of halogens is 1. The van der Waals surface area contributed by atoms with Crippen molar-refractivity contribution < 1.29 is 9.53 Å². The third-order valence-corrected chi connectivity index (χ3v) is 4.01. The van der Waals surface area contributed by atoms with Crippen LogP contribution in [0.1, 0.15) is 18.2 Å². The van der Waals surface area contributed by atoms with Crippen LogP contribution in [0.4, 0.5) is 0 Å². The highest BCUT2D eigenvalue weighted by Crippen LogP contribution is 2.32. The molecule has 5 heteroatoms. The van der Waals surface area contributed by atoms with Crippen LogP contribution in [0.5, 0.6) is 5.75 Å². The van der Waals surface area contributed by atoms with E-state index >= 15 is 0 Å². The molecule has 1 aliphatic rings. The number of rotatable bonds is 3. The van der Waals surface area contributed by atoms with Gasteiger partial charge in [0.2, 0.25) is 5.91 Å². The third kappa shape index (κ3) is 2.24. The van der Waals surface area contributed by atoms with Crippen molar-refractivity contribution in [2.75, 3.05) is 7.11 Å². The molecule has 1 amide bonds. The minimum Gasteiger partial charge on any atom is -0.497 e. The second kappa shape index (κ2) is 5.02.